The number of hydrogen-bond acceptors (Lipinski definition) is 7. The molecule has 3 heterocycles. The van der Waals surface area contributed by atoms with E-state index in [2.05, 4.69) is 32.6 Å². The van der Waals surface area contributed by atoms with E-state index in [1.54, 1.807) is 22.6 Å². The summed E-state index contributed by atoms with van der Waals surface area (Å²) in [6.07, 6.45) is 3.52. The summed E-state index contributed by atoms with van der Waals surface area (Å²) in [6.45, 7) is 4.62. The highest BCUT2D eigenvalue weighted by Crippen LogP contribution is 2.23. The standard InChI is InChI=1S/C21H22N6O3/c1-3-8-17-23-21(30-26-17)15-10-7-12-27-18(24-25-19(15)27)13-22-20(28)14-9-5-6-11-16(14)29-4-2/h5-7,9-12H,3-4,8,13H2,1-2H3,(H,22,28). The van der Waals surface area contributed by atoms with Crippen molar-refractivity contribution in [2.75, 3.05) is 6.61 Å². The predicted octanol–water partition coefficient (Wildman–Crippen LogP) is 3.06. The summed E-state index contributed by atoms with van der Waals surface area (Å²) >= 11 is 0. The van der Waals surface area contributed by atoms with Crippen LogP contribution < -0.4 is 10.1 Å². The van der Waals surface area contributed by atoms with Gasteiger partial charge in [0.05, 0.1) is 24.3 Å². The van der Waals surface area contributed by atoms with Crippen molar-refractivity contribution >= 4 is 11.6 Å². The van der Waals surface area contributed by atoms with Crippen molar-refractivity contribution in [1.82, 2.24) is 30.1 Å². The maximum absolute atomic E-state index is 12.6. The molecule has 9 heteroatoms. The molecule has 0 saturated carbocycles. The van der Waals surface area contributed by atoms with Crippen LogP contribution in [0, 0.1) is 0 Å². The van der Waals surface area contributed by atoms with Gasteiger partial charge in [-0.2, -0.15) is 4.98 Å². The van der Waals surface area contributed by atoms with Crippen LogP contribution in [-0.4, -0.2) is 37.3 Å². The Morgan fingerprint density at radius 3 is 2.87 bits per heavy atom. The quantitative estimate of drug-likeness (QED) is 0.479. The number of rotatable bonds is 8. The molecule has 0 aliphatic rings. The molecular formula is C21H22N6O3. The largest absolute Gasteiger partial charge is 0.493 e. The van der Waals surface area contributed by atoms with E-state index in [9.17, 15) is 4.79 Å². The lowest BCUT2D eigenvalue weighted by Crippen LogP contribution is -2.24. The average molecular weight is 406 g/mol. The highest BCUT2D eigenvalue weighted by molar-refractivity contribution is 5.96. The minimum Gasteiger partial charge on any atom is -0.493 e. The smallest absolute Gasteiger partial charge is 0.261 e. The molecule has 0 radical (unpaired) electrons. The number of ether oxygens (including phenoxy) is 1. The number of carbonyl (C=O) groups excluding carboxylic acids is 1. The molecular weight excluding hydrogens is 384 g/mol. The molecule has 0 aliphatic carbocycles. The summed E-state index contributed by atoms with van der Waals surface area (Å²) in [5.74, 6) is 1.95. The number of pyridine rings is 1. The molecule has 0 spiro atoms. The van der Waals surface area contributed by atoms with Gasteiger partial charge in [-0.3, -0.25) is 9.20 Å². The molecule has 0 fully saturated rings. The van der Waals surface area contributed by atoms with Crippen molar-refractivity contribution < 1.29 is 14.1 Å². The lowest BCUT2D eigenvalue weighted by atomic mass is 10.2. The molecule has 4 rings (SSSR count). The van der Waals surface area contributed by atoms with E-state index in [-0.39, 0.29) is 12.5 Å². The molecule has 9 nitrogen and oxygen atoms in total. The van der Waals surface area contributed by atoms with Gasteiger partial charge in [-0.25, -0.2) is 0 Å². The van der Waals surface area contributed by atoms with Gasteiger partial charge in [0.2, 0.25) is 0 Å². The number of benzene rings is 1. The summed E-state index contributed by atoms with van der Waals surface area (Å²) in [7, 11) is 0. The van der Waals surface area contributed by atoms with Crippen LogP contribution in [-0.2, 0) is 13.0 Å². The van der Waals surface area contributed by atoms with E-state index in [1.807, 2.05) is 31.3 Å². The molecule has 1 N–H and O–H groups in total. The van der Waals surface area contributed by atoms with Crippen molar-refractivity contribution in [2.45, 2.75) is 33.2 Å². The van der Waals surface area contributed by atoms with E-state index >= 15 is 0 Å². The van der Waals surface area contributed by atoms with Crippen LogP contribution in [0.5, 0.6) is 5.75 Å². The Morgan fingerprint density at radius 2 is 2.03 bits per heavy atom. The number of para-hydroxylation sites is 1. The third kappa shape index (κ3) is 3.86. The normalized spacial score (nSPS) is 11.0. The van der Waals surface area contributed by atoms with Gasteiger partial charge in [0, 0.05) is 12.6 Å². The van der Waals surface area contributed by atoms with Crippen molar-refractivity contribution in [1.29, 1.82) is 0 Å². The van der Waals surface area contributed by atoms with Crippen LogP contribution in [0.3, 0.4) is 0 Å². The van der Waals surface area contributed by atoms with Gasteiger partial charge < -0.3 is 14.6 Å². The Balaban J connectivity index is 1.55. The topological polar surface area (TPSA) is 107 Å². The highest BCUT2D eigenvalue weighted by atomic mass is 16.5. The molecule has 0 aliphatic heterocycles. The maximum atomic E-state index is 12.6. The van der Waals surface area contributed by atoms with Gasteiger partial charge in [0.25, 0.3) is 11.8 Å². The molecule has 0 unspecified atom stereocenters. The summed E-state index contributed by atoms with van der Waals surface area (Å²) in [5.41, 5.74) is 1.76. The van der Waals surface area contributed by atoms with Crippen LogP contribution >= 0.6 is 0 Å². The third-order valence-corrected chi connectivity index (χ3v) is 4.52. The zero-order chi connectivity index (χ0) is 20.9. The highest BCUT2D eigenvalue weighted by Gasteiger charge is 2.17. The minimum absolute atomic E-state index is 0.203. The molecule has 30 heavy (non-hydrogen) atoms. The van der Waals surface area contributed by atoms with Crippen molar-refractivity contribution in [3.05, 3.63) is 59.8 Å². The molecule has 3 aromatic heterocycles. The number of hydrogen-bond donors (Lipinski definition) is 1. The average Bonchev–Trinajstić information content (AvgIpc) is 3.40. The maximum Gasteiger partial charge on any atom is 0.261 e. The first-order valence-corrected chi connectivity index (χ1v) is 9.86. The minimum atomic E-state index is -0.243. The summed E-state index contributed by atoms with van der Waals surface area (Å²) < 4.78 is 12.7. The van der Waals surface area contributed by atoms with Gasteiger partial charge in [-0.15, -0.1) is 10.2 Å². The first-order chi connectivity index (χ1) is 14.7. The van der Waals surface area contributed by atoms with E-state index in [1.165, 1.54) is 0 Å². The first kappa shape index (κ1) is 19.6. The Morgan fingerprint density at radius 1 is 1.17 bits per heavy atom. The number of carbonyl (C=O) groups is 1. The second-order valence-electron chi connectivity index (χ2n) is 6.61. The molecule has 0 saturated heterocycles. The van der Waals surface area contributed by atoms with Gasteiger partial charge in [0.15, 0.2) is 17.3 Å². The number of nitrogens with zero attached hydrogens (tertiary/aromatic N) is 5. The van der Waals surface area contributed by atoms with Crippen LogP contribution in [0.4, 0.5) is 0 Å². The fourth-order valence-electron chi connectivity index (χ4n) is 3.13. The second-order valence-corrected chi connectivity index (χ2v) is 6.61. The van der Waals surface area contributed by atoms with Crippen molar-refractivity contribution in [3.63, 3.8) is 0 Å². The Bertz CT molecular complexity index is 1170. The van der Waals surface area contributed by atoms with Crippen LogP contribution in [0.2, 0.25) is 0 Å². The number of aryl methyl sites for hydroxylation is 1. The first-order valence-electron chi connectivity index (χ1n) is 9.86. The van der Waals surface area contributed by atoms with Crippen molar-refractivity contribution in [2.24, 2.45) is 0 Å². The Labute approximate surface area is 173 Å². The fourth-order valence-corrected chi connectivity index (χ4v) is 3.13. The van der Waals surface area contributed by atoms with Gasteiger partial charge in [-0.1, -0.05) is 24.2 Å². The zero-order valence-electron chi connectivity index (χ0n) is 16.8. The number of aromatic nitrogens is 5. The lowest BCUT2D eigenvalue weighted by Gasteiger charge is -2.10. The monoisotopic (exact) mass is 406 g/mol. The number of amides is 1. The number of fused-ring (bicyclic) bond motifs is 1. The van der Waals surface area contributed by atoms with E-state index in [0.29, 0.717) is 46.7 Å². The molecule has 4 aromatic rings. The summed E-state index contributed by atoms with van der Waals surface area (Å²) in [4.78, 5) is 17.1. The van der Waals surface area contributed by atoms with Crippen LogP contribution in [0.25, 0.3) is 17.1 Å². The fraction of sp³-hybridized carbons (Fsp3) is 0.286. The molecule has 1 aromatic carbocycles. The SMILES string of the molecule is CCCc1noc(-c2cccn3c(CNC(=O)c4ccccc4OCC)nnc23)n1. The molecule has 0 bridgehead atoms. The summed E-state index contributed by atoms with van der Waals surface area (Å²) in [6, 6.07) is 10.8. The molecule has 1 amide bonds. The van der Waals surface area contributed by atoms with Crippen LogP contribution in [0.15, 0.2) is 47.1 Å². The van der Waals surface area contributed by atoms with E-state index in [0.717, 1.165) is 12.8 Å². The van der Waals surface area contributed by atoms with E-state index < -0.39 is 0 Å². The van der Waals surface area contributed by atoms with Gasteiger partial charge in [-0.05, 0) is 37.6 Å². The predicted molar refractivity (Wildman–Crippen MR) is 109 cm³/mol. The Kier molecular flexibility index (Phi) is 5.69. The third-order valence-electron chi connectivity index (χ3n) is 4.52. The second kappa shape index (κ2) is 8.73. The molecule has 154 valence electrons. The van der Waals surface area contributed by atoms with Gasteiger partial charge in [0.1, 0.15) is 5.75 Å². The van der Waals surface area contributed by atoms with Crippen LogP contribution in [0.1, 0.15) is 42.3 Å². The summed E-state index contributed by atoms with van der Waals surface area (Å²) in [5, 5.41) is 15.4. The van der Waals surface area contributed by atoms with Gasteiger partial charge >= 0.3 is 0 Å². The zero-order valence-corrected chi connectivity index (χ0v) is 16.8. The molecule has 0 atom stereocenters. The lowest BCUT2D eigenvalue weighted by molar-refractivity contribution is 0.0946. The van der Waals surface area contributed by atoms with E-state index in [4.69, 9.17) is 9.26 Å². The Hall–Kier alpha value is -3.75. The van der Waals surface area contributed by atoms with Crippen molar-refractivity contribution in [3.8, 4) is 17.2 Å². The number of nitrogens with one attached hydrogen (secondary N) is 1.